The number of hydrogen-bond donors (Lipinski definition) is 1. The summed E-state index contributed by atoms with van der Waals surface area (Å²) in [7, 11) is -3.38. The molecule has 1 amide bonds. The first-order valence-electron chi connectivity index (χ1n) is 3.80. The second-order valence-electron chi connectivity index (χ2n) is 2.63. The van der Waals surface area contributed by atoms with Crippen molar-refractivity contribution >= 4 is 22.5 Å². The Kier molecular flexibility index (Phi) is 4.66. The molecule has 0 aliphatic carbocycles. The lowest BCUT2D eigenvalue weighted by atomic mass is 10.2. The van der Waals surface area contributed by atoms with Crippen molar-refractivity contribution in [3.8, 4) is 0 Å². The van der Waals surface area contributed by atoms with Gasteiger partial charge >= 0.3 is 0 Å². The fraction of sp³-hybridized carbons (Fsp3) is 0.111. The fourth-order valence-electron chi connectivity index (χ4n) is 0.994. The fourth-order valence-corrected chi connectivity index (χ4v) is 1.89. The Morgan fingerprint density at radius 3 is 2.07 bits per heavy atom. The first-order chi connectivity index (χ1) is 6.93. The van der Waals surface area contributed by atoms with Gasteiger partial charge in [-0.2, -0.15) is 0 Å². The maximum atomic E-state index is 11.2. The van der Waals surface area contributed by atoms with Crippen LogP contribution < -0.4 is 5.73 Å². The zero-order valence-corrected chi connectivity index (χ0v) is 8.95. The molecular formula is C9H11NO4S. The molecular weight excluding hydrogens is 218 g/mol. The van der Waals surface area contributed by atoms with Gasteiger partial charge < -0.3 is 10.5 Å². The lowest BCUT2D eigenvalue weighted by molar-refractivity contribution is -0.0980. The summed E-state index contributed by atoms with van der Waals surface area (Å²) < 4.78 is 22.3. The van der Waals surface area contributed by atoms with E-state index in [1.165, 1.54) is 12.1 Å². The molecule has 2 N–H and O–H groups in total. The highest BCUT2D eigenvalue weighted by Crippen LogP contribution is 2.13. The zero-order chi connectivity index (χ0) is 12.1. The summed E-state index contributed by atoms with van der Waals surface area (Å²) in [5.74, 6) is -0.735. The normalized spacial score (nSPS) is 9.93. The molecule has 0 fully saturated rings. The molecule has 0 aliphatic heterocycles. The lowest BCUT2D eigenvalue weighted by Crippen LogP contribution is -2.15. The van der Waals surface area contributed by atoms with Crippen LogP contribution in [0.15, 0.2) is 29.2 Å². The van der Waals surface area contributed by atoms with Crippen LogP contribution >= 0.6 is 0 Å². The van der Waals surface area contributed by atoms with E-state index in [9.17, 15) is 13.2 Å². The molecule has 1 aromatic rings. The molecule has 6 heteroatoms. The van der Waals surface area contributed by atoms with Crippen molar-refractivity contribution in [2.45, 2.75) is 4.90 Å². The van der Waals surface area contributed by atoms with E-state index in [2.05, 4.69) is 0 Å². The van der Waals surface area contributed by atoms with Crippen LogP contribution in [-0.2, 0) is 14.6 Å². The molecule has 0 unspecified atom stereocenters. The van der Waals surface area contributed by atoms with E-state index in [0.717, 1.165) is 6.26 Å². The summed E-state index contributed by atoms with van der Waals surface area (Å²) in [4.78, 5) is 18.8. The van der Waals surface area contributed by atoms with Crippen LogP contribution in [-0.4, -0.2) is 27.4 Å². The highest BCUT2D eigenvalue weighted by Gasteiger charge is 2.15. The largest absolute Gasteiger partial charge is 0.366 e. The SMILES string of the molecule is C=O.CS(=O)(=O)c1ccccc1C(N)=O. The summed E-state index contributed by atoms with van der Waals surface area (Å²) in [6.07, 6.45) is 1.04. The molecule has 0 aliphatic rings. The molecule has 0 aromatic heterocycles. The predicted octanol–water partition coefficient (Wildman–Crippen LogP) is 0.00410. The number of hydrogen-bond acceptors (Lipinski definition) is 4. The topological polar surface area (TPSA) is 94.3 Å². The van der Waals surface area contributed by atoms with Crippen LogP contribution in [0, 0.1) is 0 Å². The molecule has 0 atom stereocenters. The minimum atomic E-state index is -3.38. The minimum absolute atomic E-state index is 0.0255. The number of benzene rings is 1. The summed E-state index contributed by atoms with van der Waals surface area (Å²) in [5.41, 5.74) is 5.04. The van der Waals surface area contributed by atoms with Gasteiger partial charge in [-0.3, -0.25) is 4.79 Å². The van der Waals surface area contributed by atoms with Crippen molar-refractivity contribution in [3.05, 3.63) is 29.8 Å². The number of rotatable bonds is 2. The summed E-state index contributed by atoms with van der Waals surface area (Å²) in [6, 6.07) is 5.85. The molecule has 1 rings (SSSR count). The highest BCUT2D eigenvalue weighted by molar-refractivity contribution is 7.90. The van der Waals surface area contributed by atoms with Gasteiger partial charge in [-0.25, -0.2) is 8.42 Å². The standard InChI is InChI=1S/C8H9NO3S.CH2O/c1-13(11,12)7-5-3-2-4-6(7)8(9)10;1-2/h2-5H,1H3,(H2,9,10);1H2. The molecule has 0 radical (unpaired) electrons. The second-order valence-corrected chi connectivity index (χ2v) is 4.62. The van der Waals surface area contributed by atoms with E-state index in [4.69, 9.17) is 10.5 Å². The average Bonchev–Trinajstić information content (AvgIpc) is 2.19. The monoisotopic (exact) mass is 229 g/mol. The second kappa shape index (κ2) is 5.26. The Balaban J connectivity index is 0.000000921. The van der Waals surface area contributed by atoms with E-state index >= 15 is 0 Å². The molecule has 1 aromatic carbocycles. The third-order valence-corrected chi connectivity index (χ3v) is 2.71. The van der Waals surface area contributed by atoms with Crippen LogP contribution in [0.1, 0.15) is 10.4 Å². The van der Waals surface area contributed by atoms with Gasteiger partial charge in [-0.05, 0) is 12.1 Å². The van der Waals surface area contributed by atoms with Crippen LogP contribution in [0.2, 0.25) is 0 Å². The molecule has 0 bridgehead atoms. The van der Waals surface area contributed by atoms with Gasteiger partial charge in [0.1, 0.15) is 6.79 Å². The number of carbonyl (C=O) groups excluding carboxylic acids is 2. The number of amides is 1. The van der Waals surface area contributed by atoms with E-state index in [-0.39, 0.29) is 10.5 Å². The molecule has 82 valence electrons. The smallest absolute Gasteiger partial charge is 0.250 e. The molecule has 15 heavy (non-hydrogen) atoms. The van der Waals surface area contributed by atoms with Gasteiger partial charge in [0.2, 0.25) is 5.91 Å². The molecule has 0 heterocycles. The van der Waals surface area contributed by atoms with Crippen molar-refractivity contribution in [3.63, 3.8) is 0 Å². The van der Waals surface area contributed by atoms with Crippen molar-refractivity contribution in [2.75, 3.05) is 6.26 Å². The summed E-state index contributed by atoms with van der Waals surface area (Å²) in [5, 5.41) is 0. The highest BCUT2D eigenvalue weighted by atomic mass is 32.2. The van der Waals surface area contributed by atoms with Gasteiger partial charge in [0.25, 0.3) is 0 Å². The van der Waals surface area contributed by atoms with E-state index in [1.54, 1.807) is 12.1 Å². The Morgan fingerprint density at radius 1 is 1.27 bits per heavy atom. The predicted molar refractivity (Wildman–Crippen MR) is 55.2 cm³/mol. The average molecular weight is 229 g/mol. The molecule has 5 nitrogen and oxygen atoms in total. The third-order valence-electron chi connectivity index (χ3n) is 1.55. The van der Waals surface area contributed by atoms with E-state index in [0.29, 0.717) is 0 Å². The summed E-state index contributed by atoms with van der Waals surface area (Å²) >= 11 is 0. The Bertz CT molecular complexity index is 453. The van der Waals surface area contributed by atoms with Crippen LogP contribution in [0.5, 0.6) is 0 Å². The zero-order valence-electron chi connectivity index (χ0n) is 8.14. The van der Waals surface area contributed by atoms with Crippen LogP contribution in [0.3, 0.4) is 0 Å². The van der Waals surface area contributed by atoms with Crippen molar-refractivity contribution < 1.29 is 18.0 Å². The lowest BCUT2D eigenvalue weighted by Gasteiger charge is -2.02. The van der Waals surface area contributed by atoms with Gasteiger partial charge in [-0.15, -0.1) is 0 Å². The number of primary amides is 1. The quantitative estimate of drug-likeness (QED) is 0.772. The molecule has 0 saturated heterocycles. The minimum Gasteiger partial charge on any atom is -0.366 e. The van der Waals surface area contributed by atoms with Crippen LogP contribution in [0.4, 0.5) is 0 Å². The maximum Gasteiger partial charge on any atom is 0.250 e. The van der Waals surface area contributed by atoms with E-state index in [1.807, 2.05) is 6.79 Å². The molecule has 0 spiro atoms. The van der Waals surface area contributed by atoms with Crippen molar-refractivity contribution in [1.82, 2.24) is 0 Å². The number of sulfone groups is 1. The molecule has 0 saturated carbocycles. The van der Waals surface area contributed by atoms with Crippen LogP contribution in [0.25, 0.3) is 0 Å². The first-order valence-corrected chi connectivity index (χ1v) is 5.70. The Labute approximate surface area is 87.8 Å². The Morgan fingerprint density at radius 2 is 1.73 bits per heavy atom. The first kappa shape index (κ1) is 13.3. The summed E-state index contributed by atoms with van der Waals surface area (Å²) in [6.45, 7) is 2.00. The number of carbonyl (C=O) groups is 2. The van der Waals surface area contributed by atoms with Crippen molar-refractivity contribution in [1.29, 1.82) is 0 Å². The third kappa shape index (κ3) is 3.51. The van der Waals surface area contributed by atoms with Gasteiger partial charge in [0, 0.05) is 6.26 Å². The van der Waals surface area contributed by atoms with Gasteiger partial charge in [0.05, 0.1) is 10.5 Å². The van der Waals surface area contributed by atoms with Crippen molar-refractivity contribution in [2.24, 2.45) is 5.73 Å². The Hall–Kier alpha value is -1.69. The van der Waals surface area contributed by atoms with E-state index < -0.39 is 15.7 Å². The van der Waals surface area contributed by atoms with Gasteiger partial charge in [-0.1, -0.05) is 12.1 Å². The number of nitrogens with two attached hydrogens (primary N) is 1. The van der Waals surface area contributed by atoms with Gasteiger partial charge in [0.15, 0.2) is 9.84 Å². The maximum absolute atomic E-state index is 11.2.